The van der Waals surface area contributed by atoms with Crippen molar-refractivity contribution in [2.24, 2.45) is 5.92 Å². The molecule has 0 saturated heterocycles. The Hall–Kier alpha value is -4.05. The van der Waals surface area contributed by atoms with Crippen LogP contribution in [0.3, 0.4) is 0 Å². The number of carbonyl (C=O) groups is 1. The second-order valence-corrected chi connectivity index (χ2v) is 10.9. The van der Waals surface area contributed by atoms with E-state index >= 15 is 0 Å². The lowest BCUT2D eigenvalue weighted by molar-refractivity contribution is -0.143. The Labute approximate surface area is 245 Å². The van der Waals surface area contributed by atoms with E-state index in [9.17, 15) is 44.3 Å². The summed E-state index contributed by atoms with van der Waals surface area (Å²) >= 11 is 0. The third-order valence-electron chi connectivity index (χ3n) is 7.04. The number of amides is 1. The van der Waals surface area contributed by atoms with Crippen LogP contribution in [0.4, 0.5) is 55.9 Å². The van der Waals surface area contributed by atoms with Gasteiger partial charge in [-0.2, -0.15) is 44.7 Å². The first kappa shape index (κ1) is 32.9. The molecule has 17 heteroatoms. The van der Waals surface area contributed by atoms with Crippen molar-refractivity contribution < 1.29 is 49.0 Å². The van der Waals surface area contributed by atoms with Crippen LogP contribution in [0.2, 0.25) is 0 Å². The molecule has 1 aromatic heterocycles. The highest BCUT2D eigenvalue weighted by atomic mass is 19.4. The maximum Gasteiger partial charge on any atom is 0.416 e. The highest BCUT2D eigenvalue weighted by Crippen LogP contribution is 2.46. The lowest BCUT2D eigenvalue weighted by Crippen LogP contribution is -2.50. The highest BCUT2D eigenvalue weighted by Gasteiger charge is 2.44. The molecule has 2 heterocycles. The zero-order valence-electron chi connectivity index (χ0n) is 23.6. The van der Waals surface area contributed by atoms with Gasteiger partial charge >= 0.3 is 24.6 Å². The van der Waals surface area contributed by atoms with Gasteiger partial charge in [-0.05, 0) is 78.9 Å². The minimum Gasteiger partial charge on any atom is -0.446 e. The van der Waals surface area contributed by atoms with Crippen LogP contribution in [-0.4, -0.2) is 38.9 Å². The largest absolute Gasteiger partial charge is 0.446 e. The van der Waals surface area contributed by atoms with Gasteiger partial charge in [-0.1, -0.05) is 18.9 Å². The molecule has 0 fully saturated rings. The predicted octanol–water partition coefficient (Wildman–Crippen LogP) is 7.78. The molecule has 0 spiro atoms. The van der Waals surface area contributed by atoms with Crippen LogP contribution in [0.1, 0.15) is 68.0 Å². The molecule has 2 aromatic carbocycles. The number of hydrogen-bond acceptors (Lipinski definition) is 6. The molecule has 3 aromatic rings. The normalized spacial score (nSPS) is 17.7. The number of halogens is 9. The number of benzene rings is 2. The van der Waals surface area contributed by atoms with Gasteiger partial charge in [0.15, 0.2) is 0 Å². The zero-order valence-corrected chi connectivity index (χ0v) is 23.6. The number of rotatable bonds is 6. The Balaban J connectivity index is 1.93. The van der Waals surface area contributed by atoms with E-state index in [1.165, 1.54) is 9.80 Å². The summed E-state index contributed by atoms with van der Waals surface area (Å²) in [6.45, 7) is 5.98. The molecule has 1 N–H and O–H groups in total. The van der Waals surface area contributed by atoms with Gasteiger partial charge in [0.25, 0.3) is 5.95 Å². The molecule has 4 rings (SSSR count). The van der Waals surface area contributed by atoms with Crippen LogP contribution in [0, 0.1) is 5.92 Å². The third kappa shape index (κ3) is 7.01. The lowest BCUT2D eigenvalue weighted by atomic mass is 9.84. The zero-order chi connectivity index (χ0) is 32.8. The van der Waals surface area contributed by atoms with Crippen molar-refractivity contribution >= 4 is 17.7 Å². The summed E-state index contributed by atoms with van der Waals surface area (Å²) in [5.41, 5.74) is -4.76. The van der Waals surface area contributed by atoms with E-state index in [0.29, 0.717) is 12.1 Å². The number of aromatic amines is 1. The van der Waals surface area contributed by atoms with Crippen molar-refractivity contribution in [2.45, 2.75) is 77.4 Å². The number of nitrogens with zero attached hydrogens (tertiary/aromatic N) is 5. The van der Waals surface area contributed by atoms with Gasteiger partial charge in [0.2, 0.25) is 0 Å². The topological polar surface area (TPSA) is 87.2 Å². The summed E-state index contributed by atoms with van der Waals surface area (Å²) in [6.07, 6.45) is -16.6. The lowest BCUT2D eigenvalue weighted by Gasteiger charge is -2.45. The first-order valence-electron chi connectivity index (χ1n) is 13.3. The molecule has 0 aliphatic carbocycles. The number of H-pyrrole nitrogens is 1. The minimum absolute atomic E-state index is 0.0205. The van der Waals surface area contributed by atoms with Crippen molar-refractivity contribution in [3.8, 4) is 0 Å². The van der Waals surface area contributed by atoms with Gasteiger partial charge < -0.3 is 9.64 Å². The monoisotopic (exact) mass is 638 g/mol. The van der Waals surface area contributed by atoms with Gasteiger partial charge in [-0.3, -0.25) is 4.90 Å². The Morgan fingerprint density at radius 2 is 1.52 bits per heavy atom. The summed E-state index contributed by atoms with van der Waals surface area (Å²) < 4.78 is 129. The van der Waals surface area contributed by atoms with Gasteiger partial charge in [-0.15, -0.1) is 5.10 Å². The molecule has 0 radical (unpaired) electrons. The Bertz CT molecular complexity index is 1440. The van der Waals surface area contributed by atoms with E-state index < -0.39 is 71.6 Å². The smallest absolute Gasteiger partial charge is 0.416 e. The summed E-state index contributed by atoms with van der Waals surface area (Å²) in [7, 11) is 0. The second-order valence-electron chi connectivity index (χ2n) is 10.9. The molecule has 8 nitrogen and oxygen atoms in total. The molecular weight excluding hydrogens is 611 g/mol. The van der Waals surface area contributed by atoms with Gasteiger partial charge in [0.05, 0.1) is 34.5 Å². The average Bonchev–Trinajstić information content (AvgIpc) is 3.43. The number of carbonyl (C=O) groups excluding carboxylic acids is 1. The van der Waals surface area contributed by atoms with Crippen LogP contribution >= 0.6 is 0 Å². The van der Waals surface area contributed by atoms with E-state index in [1.54, 1.807) is 27.7 Å². The van der Waals surface area contributed by atoms with E-state index in [1.807, 2.05) is 0 Å². The Morgan fingerprint density at radius 1 is 0.932 bits per heavy atom. The van der Waals surface area contributed by atoms with E-state index in [4.69, 9.17) is 4.74 Å². The van der Waals surface area contributed by atoms with Gasteiger partial charge in [0.1, 0.15) is 0 Å². The fourth-order valence-electron chi connectivity index (χ4n) is 5.12. The van der Waals surface area contributed by atoms with Crippen molar-refractivity contribution in [1.29, 1.82) is 0 Å². The molecule has 1 aliphatic rings. The number of anilines is 2. The molecule has 0 saturated carbocycles. The SMILES string of the molecule is CC(C)OC(=O)N1c2ccc(C(F)(F)F)cc2C(N(Cc2cc(C(F)(F)F)cc(C(F)(F)F)c2)c2nn[nH]n2)CC1C(C)C. The van der Waals surface area contributed by atoms with Crippen molar-refractivity contribution in [3.05, 3.63) is 64.2 Å². The van der Waals surface area contributed by atoms with Gasteiger partial charge in [-0.25, -0.2) is 4.79 Å². The van der Waals surface area contributed by atoms with Crippen LogP contribution in [0.15, 0.2) is 36.4 Å². The number of hydrogen-bond donors (Lipinski definition) is 1. The molecule has 44 heavy (non-hydrogen) atoms. The first-order valence-corrected chi connectivity index (χ1v) is 13.3. The number of tetrazole rings is 1. The van der Waals surface area contributed by atoms with Crippen molar-refractivity contribution in [3.63, 3.8) is 0 Å². The fourth-order valence-corrected chi connectivity index (χ4v) is 5.12. The van der Waals surface area contributed by atoms with Crippen LogP contribution < -0.4 is 9.80 Å². The molecule has 2 unspecified atom stereocenters. The second kappa shape index (κ2) is 11.8. The van der Waals surface area contributed by atoms with Crippen LogP contribution in [-0.2, 0) is 29.8 Å². The van der Waals surface area contributed by atoms with Crippen LogP contribution in [0.5, 0.6) is 0 Å². The maximum absolute atomic E-state index is 13.9. The summed E-state index contributed by atoms with van der Waals surface area (Å²) in [5, 5.41) is 13.3. The fraction of sp³-hybridized carbons (Fsp3) is 0.481. The summed E-state index contributed by atoms with van der Waals surface area (Å²) in [6, 6.07) is 1.76. The molecule has 240 valence electrons. The number of ether oxygens (including phenoxy) is 1. The standard InChI is InChI=1S/C27H27F9N6O2/c1-13(2)21-11-22(19-10-16(25(28,29)30)5-6-20(19)42(21)24(43)44-14(3)4)41(23-37-39-40-38-23)12-15-7-17(26(31,32)33)9-18(8-15)27(34,35)36/h5-10,13-14,21-22H,11-12H2,1-4H3,(H,37,38,39,40). The number of aromatic nitrogens is 4. The van der Waals surface area contributed by atoms with Crippen molar-refractivity contribution in [1.82, 2.24) is 20.6 Å². The average molecular weight is 639 g/mol. The number of alkyl halides is 9. The van der Waals surface area contributed by atoms with E-state index in [2.05, 4.69) is 20.6 Å². The Kier molecular flexibility index (Phi) is 8.81. The Morgan fingerprint density at radius 3 is 2.00 bits per heavy atom. The predicted molar refractivity (Wildman–Crippen MR) is 138 cm³/mol. The number of fused-ring (bicyclic) bond motifs is 1. The summed E-state index contributed by atoms with van der Waals surface area (Å²) in [4.78, 5) is 15.6. The molecule has 0 bridgehead atoms. The van der Waals surface area contributed by atoms with Gasteiger partial charge in [0, 0.05) is 12.6 Å². The first-order chi connectivity index (χ1) is 20.3. The number of nitrogens with one attached hydrogen (secondary N) is 1. The summed E-state index contributed by atoms with van der Waals surface area (Å²) in [5.74, 6) is -0.629. The molecule has 1 aliphatic heterocycles. The van der Waals surface area contributed by atoms with Crippen LogP contribution in [0.25, 0.3) is 0 Å². The van der Waals surface area contributed by atoms with E-state index in [0.717, 1.165) is 18.2 Å². The minimum atomic E-state index is -5.13. The van der Waals surface area contributed by atoms with E-state index in [-0.39, 0.29) is 35.6 Å². The van der Waals surface area contributed by atoms with Crippen molar-refractivity contribution in [2.75, 3.05) is 9.80 Å². The maximum atomic E-state index is 13.9. The third-order valence-corrected chi connectivity index (χ3v) is 7.04. The highest BCUT2D eigenvalue weighted by molar-refractivity contribution is 5.90. The quantitative estimate of drug-likeness (QED) is 0.278. The molecule has 2 atom stereocenters. The molecular formula is C27H27F9N6O2. The molecule has 1 amide bonds.